The lowest BCUT2D eigenvalue weighted by Gasteiger charge is -2.08. The summed E-state index contributed by atoms with van der Waals surface area (Å²) < 4.78 is 15.9. The molecule has 78 valence electrons. The van der Waals surface area contributed by atoms with Crippen LogP contribution in [0.2, 0.25) is 0 Å². The van der Waals surface area contributed by atoms with Gasteiger partial charge in [-0.3, -0.25) is 0 Å². The van der Waals surface area contributed by atoms with E-state index in [1.54, 1.807) is 13.4 Å². The highest BCUT2D eigenvalue weighted by molar-refractivity contribution is 5.39. The van der Waals surface area contributed by atoms with Crippen LogP contribution < -0.4 is 9.47 Å². The molecule has 0 spiro atoms. The molecule has 0 saturated carbocycles. The average Bonchev–Trinajstić information content (AvgIpc) is 2.79. The smallest absolute Gasteiger partial charge is 0.161 e. The van der Waals surface area contributed by atoms with Gasteiger partial charge in [-0.05, 0) is 24.3 Å². The lowest BCUT2D eigenvalue weighted by molar-refractivity contribution is 0.256. The number of hydrogen-bond donors (Lipinski definition) is 0. The van der Waals surface area contributed by atoms with Crippen LogP contribution in [-0.4, -0.2) is 7.11 Å². The minimum atomic E-state index is 0.410. The fraction of sp³-hybridized carbons (Fsp3) is 0.167. The summed E-state index contributed by atoms with van der Waals surface area (Å²) in [4.78, 5) is 0. The zero-order valence-electron chi connectivity index (χ0n) is 8.47. The Labute approximate surface area is 88.2 Å². The van der Waals surface area contributed by atoms with Gasteiger partial charge in [0.15, 0.2) is 11.5 Å². The molecule has 2 rings (SSSR count). The van der Waals surface area contributed by atoms with Gasteiger partial charge in [-0.1, -0.05) is 12.1 Å². The largest absolute Gasteiger partial charge is 0.493 e. The van der Waals surface area contributed by atoms with Crippen LogP contribution in [-0.2, 0) is 6.61 Å². The van der Waals surface area contributed by atoms with Crippen molar-refractivity contribution in [3.63, 3.8) is 0 Å². The molecule has 1 aromatic heterocycles. The first kappa shape index (κ1) is 9.65. The molecule has 0 unspecified atom stereocenters. The van der Waals surface area contributed by atoms with Gasteiger partial charge < -0.3 is 13.9 Å². The van der Waals surface area contributed by atoms with E-state index in [9.17, 15) is 0 Å². The van der Waals surface area contributed by atoms with Gasteiger partial charge in [0.1, 0.15) is 12.4 Å². The van der Waals surface area contributed by atoms with Gasteiger partial charge in [-0.15, -0.1) is 0 Å². The Morgan fingerprint density at radius 3 is 2.53 bits per heavy atom. The molecular formula is C12H12O3. The molecule has 0 saturated heterocycles. The van der Waals surface area contributed by atoms with Crippen molar-refractivity contribution in [2.45, 2.75) is 6.61 Å². The lowest BCUT2D eigenvalue weighted by atomic mass is 10.3. The van der Waals surface area contributed by atoms with Crippen molar-refractivity contribution in [3.8, 4) is 11.5 Å². The molecular weight excluding hydrogens is 192 g/mol. The quantitative estimate of drug-likeness (QED) is 0.767. The van der Waals surface area contributed by atoms with Crippen molar-refractivity contribution in [2.75, 3.05) is 7.11 Å². The predicted octanol–water partition coefficient (Wildman–Crippen LogP) is 2.87. The molecule has 0 N–H and O–H groups in total. The minimum Gasteiger partial charge on any atom is -0.493 e. The molecule has 0 fully saturated rings. The molecule has 0 atom stereocenters. The van der Waals surface area contributed by atoms with Crippen LogP contribution in [0, 0.1) is 0 Å². The number of para-hydroxylation sites is 2. The van der Waals surface area contributed by atoms with Crippen molar-refractivity contribution in [3.05, 3.63) is 48.4 Å². The van der Waals surface area contributed by atoms with Crippen molar-refractivity contribution in [2.24, 2.45) is 0 Å². The molecule has 0 aliphatic rings. The molecule has 0 aliphatic heterocycles. The van der Waals surface area contributed by atoms with E-state index in [1.807, 2.05) is 36.4 Å². The number of furan rings is 1. The van der Waals surface area contributed by atoms with Crippen LogP contribution in [0.15, 0.2) is 47.1 Å². The predicted molar refractivity (Wildman–Crippen MR) is 56.0 cm³/mol. The highest BCUT2D eigenvalue weighted by Crippen LogP contribution is 2.26. The maximum absolute atomic E-state index is 5.55. The van der Waals surface area contributed by atoms with E-state index in [4.69, 9.17) is 13.9 Å². The van der Waals surface area contributed by atoms with Crippen LogP contribution in [0.4, 0.5) is 0 Å². The van der Waals surface area contributed by atoms with Gasteiger partial charge in [0.2, 0.25) is 0 Å². The Morgan fingerprint density at radius 1 is 1.07 bits per heavy atom. The van der Waals surface area contributed by atoms with E-state index in [0.717, 1.165) is 17.3 Å². The summed E-state index contributed by atoms with van der Waals surface area (Å²) in [5, 5.41) is 0. The second-order valence-electron chi connectivity index (χ2n) is 3.02. The summed E-state index contributed by atoms with van der Waals surface area (Å²) in [5.74, 6) is 2.24. The maximum atomic E-state index is 5.55. The summed E-state index contributed by atoms with van der Waals surface area (Å²) in [5.41, 5.74) is 0. The Balaban J connectivity index is 2.04. The fourth-order valence-corrected chi connectivity index (χ4v) is 1.28. The molecule has 0 aliphatic carbocycles. The SMILES string of the molecule is COc1ccccc1OCc1ccco1. The summed E-state index contributed by atoms with van der Waals surface area (Å²) in [6.07, 6.45) is 1.63. The Bertz CT molecular complexity index is 407. The van der Waals surface area contributed by atoms with Crippen molar-refractivity contribution in [1.29, 1.82) is 0 Å². The summed E-state index contributed by atoms with van der Waals surface area (Å²) in [7, 11) is 1.62. The molecule has 1 aromatic carbocycles. The Hall–Kier alpha value is -1.90. The van der Waals surface area contributed by atoms with Gasteiger partial charge in [0.25, 0.3) is 0 Å². The monoisotopic (exact) mass is 204 g/mol. The number of rotatable bonds is 4. The van der Waals surface area contributed by atoms with Gasteiger partial charge in [-0.2, -0.15) is 0 Å². The highest BCUT2D eigenvalue weighted by Gasteiger charge is 2.03. The molecule has 2 aromatic rings. The van der Waals surface area contributed by atoms with E-state index in [0.29, 0.717) is 6.61 Å². The minimum absolute atomic E-state index is 0.410. The van der Waals surface area contributed by atoms with Crippen LogP contribution in [0.5, 0.6) is 11.5 Å². The second-order valence-corrected chi connectivity index (χ2v) is 3.02. The van der Waals surface area contributed by atoms with E-state index < -0.39 is 0 Å². The zero-order chi connectivity index (χ0) is 10.5. The van der Waals surface area contributed by atoms with E-state index >= 15 is 0 Å². The average molecular weight is 204 g/mol. The van der Waals surface area contributed by atoms with Crippen molar-refractivity contribution in [1.82, 2.24) is 0 Å². The third kappa shape index (κ3) is 2.31. The Kier molecular flexibility index (Phi) is 2.93. The van der Waals surface area contributed by atoms with Crippen LogP contribution in [0.3, 0.4) is 0 Å². The van der Waals surface area contributed by atoms with E-state index in [2.05, 4.69) is 0 Å². The van der Waals surface area contributed by atoms with Gasteiger partial charge >= 0.3 is 0 Å². The summed E-state index contributed by atoms with van der Waals surface area (Å²) in [6.45, 7) is 0.410. The first-order valence-electron chi connectivity index (χ1n) is 4.68. The molecule has 3 nitrogen and oxygen atoms in total. The van der Waals surface area contributed by atoms with Crippen LogP contribution in [0.25, 0.3) is 0 Å². The zero-order valence-corrected chi connectivity index (χ0v) is 8.47. The number of methoxy groups -OCH3 is 1. The number of ether oxygens (including phenoxy) is 2. The Morgan fingerprint density at radius 2 is 1.87 bits per heavy atom. The standard InChI is InChI=1S/C12H12O3/c1-13-11-6-2-3-7-12(11)15-9-10-5-4-8-14-10/h2-8H,9H2,1H3. The molecule has 3 heteroatoms. The molecule has 0 radical (unpaired) electrons. The molecule has 1 heterocycles. The third-order valence-electron chi connectivity index (χ3n) is 2.02. The fourth-order valence-electron chi connectivity index (χ4n) is 1.28. The number of hydrogen-bond acceptors (Lipinski definition) is 3. The first-order valence-corrected chi connectivity index (χ1v) is 4.68. The molecule has 0 bridgehead atoms. The normalized spacial score (nSPS) is 9.93. The summed E-state index contributed by atoms with van der Waals surface area (Å²) >= 11 is 0. The topological polar surface area (TPSA) is 31.6 Å². The first-order chi connectivity index (χ1) is 7.40. The van der Waals surface area contributed by atoms with Gasteiger partial charge in [0, 0.05) is 0 Å². The van der Waals surface area contributed by atoms with Gasteiger partial charge in [0.05, 0.1) is 13.4 Å². The maximum Gasteiger partial charge on any atom is 0.161 e. The molecule has 15 heavy (non-hydrogen) atoms. The second kappa shape index (κ2) is 4.55. The van der Waals surface area contributed by atoms with Crippen LogP contribution in [0.1, 0.15) is 5.76 Å². The van der Waals surface area contributed by atoms with E-state index in [1.165, 1.54) is 0 Å². The molecule has 0 amide bonds. The number of benzene rings is 1. The third-order valence-corrected chi connectivity index (χ3v) is 2.02. The summed E-state index contributed by atoms with van der Waals surface area (Å²) in [6, 6.07) is 11.2. The van der Waals surface area contributed by atoms with Crippen molar-refractivity contribution < 1.29 is 13.9 Å². The van der Waals surface area contributed by atoms with Crippen molar-refractivity contribution >= 4 is 0 Å². The van der Waals surface area contributed by atoms with Crippen LogP contribution >= 0.6 is 0 Å². The lowest BCUT2D eigenvalue weighted by Crippen LogP contribution is -1.95. The highest BCUT2D eigenvalue weighted by atomic mass is 16.5. The van der Waals surface area contributed by atoms with Gasteiger partial charge in [-0.25, -0.2) is 0 Å². The van der Waals surface area contributed by atoms with E-state index in [-0.39, 0.29) is 0 Å².